The minimum absolute atomic E-state index is 0.0643. The van der Waals surface area contributed by atoms with Gasteiger partial charge in [-0.2, -0.15) is 0 Å². The molecule has 25 heavy (non-hydrogen) atoms. The Kier molecular flexibility index (Phi) is 7.41. The summed E-state index contributed by atoms with van der Waals surface area (Å²) < 4.78 is 19.1. The molecule has 0 aliphatic heterocycles. The molecule has 0 heterocycles. The minimum atomic E-state index is -0.376. The van der Waals surface area contributed by atoms with Crippen LogP contribution >= 0.6 is 0 Å². The van der Waals surface area contributed by atoms with Crippen LogP contribution in [0.2, 0.25) is 0 Å². The van der Waals surface area contributed by atoms with Crippen LogP contribution in [0.25, 0.3) is 0 Å². The number of hydrogen-bond acceptors (Lipinski definition) is 3. The van der Waals surface area contributed by atoms with E-state index in [0.717, 1.165) is 18.7 Å². The summed E-state index contributed by atoms with van der Waals surface area (Å²) in [6.07, 6.45) is 0.919. The van der Waals surface area contributed by atoms with Crippen LogP contribution in [0.1, 0.15) is 20.3 Å². The second-order valence-corrected chi connectivity index (χ2v) is 5.85. The number of ether oxygens (including phenoxy) is 1. The summed E-state index contributed by atoms with van der Waals surface area (Å²) in [5.41, 5.74) is 0.776. The number of amides is 1. The topological polar surface area (TPSA) is 41.6 Å². The highest BCUT2D eigenvalue weighted by atomic mass is 19.1. The lowest BCUT2D eigenvalue weighted by Gasteiger charge is -2.27. The van der Waals surface area contributed by atoms with Gasteiger partial charge in [-0.1, -0.05) is 37.3 Å². The number of para-hydroxylation sites is 2. The van der Waals surface area contributed by atoms with E-state index in [0.29, 0.717) is 13.2 Å². The number of benzene rings is 2. The molecular weight excluding hydrogens is 319 g/mol. The van der Waals surface area contributed by atoms with Crippen LogP contribution in [-0.4, -0.2) is 36.5 Å². The first-order chi connectivity index (χ1) is 12.1. The fourth-order valence-corrected chi connectivity index (χ4v) is 2.55. The quantitative estimate of drug-likeness (QED) is 0.749. The fraction of sp³-hybridized carbons (Fsp3) is 0.350. The van der Waals surface area contributed by atoms with E-state index < -0.39 is 0 Å². The standard InChI is InChI=1S/C20H25FN2O2/c1-3-13-23(14-15-25-19-12-8-7-11-18(19)21)16(2)20(24)22-17-9-5-4-6-10-17/h4-12,16H,3,13-15H2,1-2H3,(H,22,24)/t16-/m1/s1. The van der Waals surface area contributed by atoms with Gasteiger partial charge in [-0.05, 0) is 44.2 Å². The van der Waals surface area contributed by atoms with Crippen molar-refractivity contribution in [2.75, 3.05) is 25.0 Å². The molecule has 2 rings (SSSR count). The van der Waals surface area contributed by atoms with Gasteiger partial charge >= 0.3 is 0 Å². The van der Waals surface area contributed by atoms with Crippen molar-refractivity contribution in [3.8, 4) is 5.75 Å². The summed E-state index contributed by atoms with van der Waals surface area (Å²) >= 11 is 0. The molecule has 0 saturated carbocycles. The van der Waals surface area contributed by atoms with E-state index in [9.17, 15) is 9.18 Å². The molecule has 134 valence electrons. The lowest BCUT2D eigenvalue weighted by atomic mass is 10.2. The zero-order valence-corrected chi connectivity index (χ0v) is 14.7. The largest absolute Gasteiger partial charge is 0.489 e. The van der Waals surface area contributed by atoms with Gasteiger partial charge in [0.05, 0.1) is 6.04 Å². The molecule has 0 aliphatic rings. The Balaban J connectivity index is 1.89. The van der Waals surface area contributed by atoms with E-state index in [4.69, 9.17) is 4.74 Å². The Bertz CT molecular complexity index is 664. The number of nitrogens with one attached hydrogen (secondary N) is 1. The van der Waals surface area contributed by atoms with Crippen molar-refractivity contribution in [3.05, 3.63) is 60.4 Å². The number of hydrogen-bond donors (Lipinski definition) is 1. The Morgan fingerprint density at radius 1 is 1.12 bits per heavy atom. The molecule has 0 spiro atoms. The first-order valence-corrected chi connectivity index (χ1v) is 8.59. The predicted octanol–water partition coefficient (Wildman–Crippen LogP) is 3.94. The molecule has 0 aliphatic carbocycles. The van der Waals surface area contributed by atoms with Crippen LogP contribution in [0.5, 0.6) is 5.75 Å². The van der Waals surface area contributed by atoms with Crippen molar-refractivity contribution in [2.24, 2.45) is 0 Å². The summed E-state index contributed by atoms with van der Waals surface area (Å²) in [5, 5.41) is 2.92. The molecule has 1 amide bonds. The zero-order chi connectivity index (χ0) is 18.1. The van der Waals surface area contributed by atoms with E-state index in [1.165, 1.54) is 6.07 Å². The molecule has 1 atom stereocenters. The number of carbonyl (C=O) groups excluding carboxylic acids is 1. The number of nitrogens with zero attached hydrogens (tertiary/aromatic N) is 1. The first-order valence-electron chi connectivity index (χ1n) is 8.59. The number of halogens is 1. The highest BCUT2D eigenvalue weighted by molar-refractivity contribution is 5.94. The maximum absolute atomic E-state index is 13.6. The normalized spacial score (nSPS) is 12.0. The van der Waals surface area contributed by atoms with Crippen LogP contribution in [0.3, 0.4) is 0 Å². The monoisotopic (exact) mass is 344 g/mol. The molecule has 4 nitrogen and oxygen atoms in total. The van der Waals surface area contributed by atoms with Crippen molar-refractivity contribution in [1.29, 1.82) is 0 Å². The minimum Gasteiger partial charge on any atom is -0.489 e. The van der Waals surface area contributed by atoms with Gasteiger partial charge in [0.2, 0.25) is 5.91 Å². The van der Waals surface area contributed by atoms with Gasteiger partial charge in [0.1, 0.15) is 6.61 Å². The second-order valence-electron chi connectivity index (χ2n) is 5.85. The smallest absolute Gasteiger partial charge is 0.241 e. The summed E-state index contributed by atoms with van der Waals surface area (Å²) in [5.74, 6) is -0.203. The van der Waals surface area contributed by atoms with Gasteiger partial charge in [0.25, 0.3) is 0 Å². The molecule has 0 unspecified atom stereocenters. The van der Waals surface area contributed by atoms with E-state index in [-0.39, 0.29) is 23.5 Å². The van der Waals surface area contributed by atoms with E-state index >= 15 is 0 Å². The number of carbonyl (C=O) groups is 1. The van der Waals surface area contributed by atoms with Crippen molar-refractivity contribution in [3.63, 3.8) is 0 Å². The second kappa shape index (κ2) is 9.79. The van der Waals surface area contributed by atoms with E-state index in [1.54, 1.807) is 18.2 Å². The summed E-state index contributed by atoms with van der Waals surface area (Å²) in [6.45, 7) is 5.57. The predicted molar refractivity (Wildman–Crippen MR) is 98.3 cm³/mol. The van der Waals surface area contributed by atoms with Crippen molar-refractivity contribution in [2.45, 2.75) is 26.3 Å². The Labute approximate surface area is 148 Å². The summed E-state index contributed by atoms with van der Waals surface area (Å²) in [4.78, 5) is 14.5. The van der Waals surface area contributed by atoms with Crippen LogP contribution in [0.4, 0.5) is 10.1 Å². The van der Waals surface area contributed by atoms with Crippen molar-refractivity contribution >= 4 is 11.6 Å². The van der Waals surface area contributed by atoms with Crippen LogP contribution in [-0.2, 0) is 4.79 Å². The SMILES string of the molecule is CCCN(CCOc1ccccc1F)[C@H](C)C(=O)Nc1ccccc1. The van der Waals surface area contributed by atoms with Crippen molar-refractivity contribution in [1.82, 2.24) is 4.90 Å². The third kappa shape index (κ3) is 5.87. The average molecular weight is 344 g/mol. The average Bonchev–Trinajstić information content (AvgIpc) is 2.62. The molecule has 2 aromatic rings. The number of rotatable bonds is 9. The van der Waals surface area contributed by atoms with E-state index in [1.807, 2.05) is 42.2 Å². The zero-order valence-electron chi connectivity index (χ0n) is 14.7. The highest BCUT2D eigenvalue weighted by Crippen LogP contribution is 2.15. The molecule has 0 aromatic heterocycles. The van der Waals surface area contributed by atoms with Crippen LogP contribution in [0, 0.1) is 5.82 Å². The molecule has 1 N–H and O–H groups in total. The molecule has 5 heteroatoms. The summed E-state index contributed by atoms with van der Waals surface area (Å²) in [7, 11) is 0. The lowest BCUT2D eigenvalue weighted by molar-refractivity contribution is -0.120. The Hall–Kier alpha value is -2.40. The maximum Gasteiger partial charge on any atom is 0.241 e. The van der Waals surface area contributed by atoms with Gasteiger partial charge in [-0.25, -0.2) is 4.39 Å². The van der Waals surface area contributed by atoms with Gasteiger partial charge in [-0.15, -0.1) is 0 Å². The lowest BCUT2D eigenvalue weighted by Crippen LogP contribution is -2.44. The fourth-order valence-electron chi connectivity index (χ4n) is 2.55. The first kappa shape index (κ1) is 18.9. The molecule has 0 bridgehead atoms. The van der Waals surface area contributed by atoms with Crippen molar-refractivity contribution < 1.29 is 13.9 Å². The van der Waals surface area contributed by atoms with Crippen LogP contribution < -0.4 is 10.1 Å². The molecule has 0 saturated heterocycles. The third-order valence-electron chi connectivity index (χ3n) is 3.95. The number of anilines is 1. The van der Waals surface area contributed by atoms with Gasteiger partial charge in [0.15, 0.2) is 11.6 Å². The molecule has 0 radical (unpaired) electrons. The summed E-state index contributed by atoms with van der Waals surface area (Å²) in [6, 6.07) is 15.4. The van der Waals surface area contributed by atoms with Gasteiger partial charge < -0.3 is 10.1 Å². The molecular formula is C20H25FN2O2. The highest BCUT2D eigenvalue weighted by Gasteiger charge is 2.20. The molecule has 0 fully saturated rings. The van der Waals surface area contributed by atoms with Gasteiger partial charge in [-0.3, -0.25) is 9.69 Å². The molecule has 2 aromatic carbocycles. The maximum atomic E-state index is 13.6. The Morgan fingerprint density at radius 2 is 1.80 bits per heavy atom. The third-order valence-corrected chi connectivity index (χ3v) is 3.95. The van der Waals surface area contributed by atoms with E-state index in [2.05, 4.69) is 12.2 Å². The van der Waals surface area contributed by atoms with Gasteiger partial charge in [0, 0.05) is 12.2 Å². The Morgan fingerprint density at radius 3 is 2.48 bits per heavy atom. The van der Waals surface area contributed by atoms with Crippen LogP contribution in [0.15, 0.2) is 54.6 Å².